The summed E-state index contributed by atoms with van der Waals surface area (Å²) in [6.07, 6.45) is 8.47. The topological polar surface area (TPSA) is 64.0 Å². The lowest BCUT2D eigenvalue weighted by Gasteiger charge is -2.21. The first-order valence-corrected chi connectivity index (χ1v) is 9.41. The summed E-state index contributed by atoms with van der Waals surface area (Å²) in [7, 11) is 1.71. The second kappa shape index (κ2) is 6.09. The van der Waals surface area contributed by atoms with Crippen LogP contribution in [0.4, 0.5) is 11.5 Å². The van der Waals surface area contributed by atoms with E-state index in [1.54, 1.807) is 19.3 Å². The minimum atomic E-state index is -0.108. The van der Waals surface area contributed by atoms with Gasteiger partial charge in [0.05, 0.1) is 0 Å². The molecule has 0 aromatic carbocycles. The number of carbonyl (C=O) groups excluding carboxylic acids is 1. The molecular weight excluding hydrogens is 382 g/mol. The lowest BCUT2D eigenvalue weighted by atomic mass is 9.82. The van der Waals surface area contributed by atoms with Crippen LogP contribution < -0.4 is 10.9 Å². The van der Waals surface area contributed by atoms with E-state index >= 15 is 0 Å². The number of aromatic nitrogens is 2. The Balaban J connectivity index is 1.52. The van der Waals surface area contributed by atoms with Gasteiger partial charge >= 0.3 is 0 Å². The first-order valence-electron chi connectivity index (χ1n) is 8.62. The summed E-state index contributed by atoms with van der Waals surface area (Å²) in [4.78, 5) is 28.9. The van der Waals surface area contributed by atoms with Gasteiger partial charge in [-0.25, -0.2) is 4.98 Å². The van der Waals surface area contributed by atoms with E-state index in [1.165, 1.54) is 4.57 Å². The van der Waals surface area contributed by atoms with Crippen LogP contribution in [-0.4, -0.2) is 15.3 Å². The molecule has 2 aromatic heterocycles. The van der Waals surface area contributed by atoms with Crippen molar-refractivity contribution in [3.05, 3.63) is 51.0 Å². The Morgan fingerprint density at radius 1 is 1.32 bits per heavy atom. The third-order valence-corrected chi connectivity index (χ3v) is 5.94. The van der Waals surface area contributed by atoms with Crippen molar-refractivity contribution in [3.63, 3.8) is 0 Å². The fraction of sp³-hybridized carbons (Fsp3) is 0.421. The molecule has 0 saturated heterocycles. The van der Waals surface area contributed by atoms with Crippen molar-refractivity contribution in [2.24, 2.45) is 12.5 Å². The molecule has 2 atom stereocenters. The number of ketones is 1. The van der Waals surface area contributed by atoms with Crippen molar-refractivity contribution >= 4 is 33.2 Å². The Kier molecular flexibility index (Phi) is 4.02. The number of aryl methyl sites for hydroxylation is 1. The molecule has 0 radical (unpaired) electrons. The van der Waals surface area contributed by atoms with E-state index < -0.39 is 0 Å². The second-order valence-corrected chi connectivity index (χ2v) is 8.05. The molecule has 2 unspecified atom stereocenters. The first kappa shape index (κ1) is 16.5. The van der Waals surface area contributed by atoms with Crippen LogP contribution >= 0.6 is 15.9 Å². The minimum absolute atomic E-state index is 0.102. The Bertz CT molecular complexity index is 891. The maximum Gasteiger partial charge on any atom is 0.274 e. The van der Waals surface area contributed by atoms with Crippen molar-refractivity contribution in [3.8, 4) is 0 Å². The first-order chi connectivity index (χ1) is 12.0. The van der Waals surface area contributed by atoms with E-state index in [1.807, 2.05) is 18.3 Å². The van der Waals surface area contributed by atoms with Gasteiger partial charge in [0.1, 0.15) is 17.3 Å². The Morgan fingerprint density at radius 3 is 2.88 bits per heavy atom. The summed E-state index contributed by atoms with van der Waals surface area (Å²) in [6, 6.07) is 5.66. The maximum absolute atomic E-state index is 12.3. The monoisotopic (exact) mass is 401 g/mol. The van der Waals surface area contributed by atoms with Gasteiger partial charge in [0.15, 0.2) is 0 Å². The van der Waals surface area contributed by atoms with Crippen molar-refractivity contribution in [1.29, 1.82) is 0 Å². The van der Waals surface area contributed by atoms with Crippen molar-refractivity contribution in [2.45, 2.75) is 38.0 Å². The normalized spacial score (nSPS) is 25.2. The summed E-state index contributed by atoms with van der Waals surface area (Å²) < 4.78 is 2.34. The van der Waals surface area contributed by atoms with Gasteiger partial charge in [0.2, 0.25) is 0 Å². The summed E-state index contributed by atoms with van der Waals surface area (Å²) in [5, 5.41) is 3.08. The van der Waals surface area contributed by atoms with Crippen LogP contribution in [-0.2, 0) is 11.8 Å². The van der Waals surface area contributed by atoms with E-state index in [2.05, 4.69) is 26.2 Å². The maximum atomic E-state index is 12.3. The average Bonchev–Trinajstić information content (AvgIpc) is 3.31. The van der Waals surface area contributed by atoms with Gasteiger partial charge in [-0.2, -0.15) is 0 Å². The average molecular weight is 402 g/mol. The molecule has 4 rings (SSSR count). The van der Waals surface area contributed by atoms with Crippen LogP contribution in [0, 0.1) is 5.41 Å². The SMILES string of the molecule is Cn1cc(Br)cc(Nc2ccc(C3CC34CCCCC4=O)cn2)c1=O. The number of Topliss-reactive ketones (excluding diaryl/α,β-unsaturated/α-hetero) is 1. The second-order valence-electron chi connectivity index (χ2n) is 7.13. The van der Waals surface area contributed by atoms with Gasteiger partial charge in [-0.05, 0) is 58.8 Å². The predicted molar refractivity (Wildman–Crippen MR) is 100 cm³/mol. The molecular formula is C19H20BrN3O2. The fourth-order valence-corrected chi connectivity index (χ4v) is 4.56. The third-order valence-electron chi connectivity index (χ3n) is 5.51. The molecule has 2 heterocycles. The number of hydrogen-bond donors (Lipinski definition) is 1. The lowest BCUT2D eigenvalue weighted by Crippen LogP contribution is -2.22. The third kappa shape index (κ3) is 2.92. The lowest BCUT2D eigenvalue weighted by molar-refractivity contribution is -0.126. The highest BCUT2D eigenvalue weighted by Crippen LogP contribution is 2.64. The number of nitrogens with zero attached hydrogens (tertiary/aromatic N) is 2. The Hall–Kier alpha value is -1.95. The molecule has 5 nitrogen and oxygen atoms in total. The van der Waals surface area contributed by atoms with Crippen LogP contribution in [0.2, 0.25) is 0 Å². The predicted octanol–water partition coefficient (Wildman–Crippen LogP) is 3.90. The van der Waals surface area contributed by atoms with E-state index in [0.717, 1.165) is 42.1 Å². The molecule has 2 aliphatic carbocycles. The summed E-state index contributed by atoms with van der Waals surface area (Å²) in [6.45, 7) is 0. The molecule has 2 aliphatic rings. The van der Waals surface area contributed by atoms with Gasteiger partial charge in [-0.1, -0.05) is 12.5 Å². The molecule has 6 heteroatoms. The molecule has 0 amide bonds. The molecule has 2 aromatic rings. The van der Waals surface area contributed by atoms with Gasteiger partial charge in [-0.15, -0.1) is 0 Å². The van der Waals surface area contributed by atoms with Crippen molar-refractivity contribution in [1.82, 2.24) is 9.55 Å². The van der Waals surface area contributed by atoms with E-state index in [4.69, 9.17) is 0 Å². The molecule has 0 bridgehead atoms. The summed E-state index contributed by atoms with van der Waals surface area (Å²) in [5.74, 6) is 1.38. The largest absolute Gasteiger partial charge is 0.336 e. The van der Waals surface area contributed by atoms with Gasteiger partial charge in [-0.3, -0.25) is 9.59 Å². The molecule has 1 spiro atoms. The number of carbonyl (C=O) groups is 1. The van der Waals surface area contributed by atoms with Crippen LogP contribution in [0.5, 0.6) is 0 Å². The fourth-order valence-electron chi connectivity index (χ4n) is 4.02. The molecule has 130 valence electrons. The van der Waals surface area contributed by atoms with Crippen LogP contribution in [0.25, 0.3) is 0 Å². The van der Waals surface area contributed by atoms with Gasteiger partial charge in [0, 0.05) is 35.7 Å². The van der Waals surface area contributed by atoms with Crippen LogP contribution in [0.15, 0.2) is 39.9 Å². The Labute approximate surface area is 154 Å². The summed E-state index contributed by atoms with van der Waals surface area (Å²) in [5.41, 5.74) is 1.39. The molecule has 2 fully saturated rings. The van der Waals surface area contributed by atoms with E-state index in [0.29, 0.717) is 23.2 Å². The zero-order chi connectivity index (χ0) is 17.6. The molecule has 25 heavy (non-hydrogen) atoms. The Morgan fingerprint density at radius 2 is 2.16 bits per heavy atom. The van der Waals surface area contributed by atoms with Crippen LogP contribution in [0.3, 0.4) is 0 Å². The number of rotatable bonds is 3. The molecule has 0 aliphatic heterocycles. The number of pyridine rings is 2. The quantitative estimate of drug-likeness (QED) is 0.846. The standard InChI is InChI=1S/C19H20BrN3O2/c1-23-11-13(20)8-15(18(23)25)22-17-6-5-12(10-21-17)14-9-19(14)7-3-2-4-16(19)24/h5-6,8,10-11,14H,2-4,7,9H2,1H3,(H,21,22). The van der Waals surface area contributed by atoms with Crippen molar-refractivity contribution < 1.29 is 4.79 Å². The number of halogens is 1. The zero-order valence-corrected chi connectivity index (χ0v) is 15.7. The summed E-state index contributed by atoms with van der Waals surface area (Å²) >= 11 is 3.39. The molecule has 2 saturated carbocycles. The zero-order valence-electron chi connectivity index (χ0n) is 14.1. The number of nitrogens with one attached hydrogen (secondary N) is 1. The highest BCUT2D eigenvalue weighted by Gasteiger charge is 2.59. The number of hydrogen-bond acceptors (Lipinski definition) is 4. The van der Waals surface area contributed by atoms with Gasteiger partial charge in [0.25, 0.3) is 5.56 Å². The molecule has 1 N–H and O–H groups in total. The highest BCUT2D eigenvalue weighted by molar-refractivity contribution is 9.10. The smallest absolute Gasteiger partial charge is 0.274 e. The van der Waals surface area contributed by atoms with Crippen LogP contribution in [0.1, 0.15) is 43.6 Å². The minimum Gasteiger partial charge on any atom is -0.336 e. The highest BCUT2D eigenvalue weighted by atomic mass is 79.9. The van der Waals surface area contributed by atoms with E-state index in [9.17, 15) is 9.59 Å². The van der Waals surface area contributed by atoms with Gasteiger partial charge < -0.3 is 9.88 Å². The van der Waals surface area contributed by atoms with E-state index in [-0.39, 0.29) is 11.0 Å². The van der Waals surface area contributed by atoms with Crippen molar-refractivity contribution in [2.75, 3.05) is 5.32 Å². The number of anilines is 2.